The third-order valence-corrected chi connectivity index (χ3v) is 3.94. The van der Waals surface area contributed by atoms with E-state index in [1.54, 1.807) is 18.0 Å². The molecule has 1 rings (SSSR count). The molecular weight excluding hydrogens is 234 g/mol. The van der Waals surface area contributed by atoms with Crippen molar-refractivity contribution in [2.75, 3.05) is 12.8 Å². The van der Waals surface area contributed by atoms with Gasteiger partial charge in [0.2, 0.25) is 0 Å². The summed E-state index contributed by atoms with van der Waals surface area (Å²) in [5.41, 5.74) is 0.524. The summed E-state index contributed by atoms with van der Waals surface area (Å²) in [6.07, 6.45) is 6.60. The van der Waals surface area contributed by atoms with E-state index in [1.807, 2.05) is 0 Å². The van der Waals surface area contributed by atoms with Crippen molar-refractivity contribution in [3.63, 3.8) is 0 Å². The van der Waals surface area contributed by atoms with E-state index in [4.69, 9.17) is 0 Å². The molecule has 0 aliphatic rings. The predicted octanol–water partition coefficient (Wildman–Crippen LogP) is 1.98. The Kier molecular flexibility index (Phi) is 4.93. The first-order valence-corrected chi connectivity index (χ1v) is 6.81. The quantitative estimate of drug-likeness (QED) is 0.891. The lowest BCUT2D eigenvalue weighted by atomic mass is 9.91. The number of carbonyl (C=O) groups is 1. The molecule has 1 amide bonds. The fourth-order valence-electron chi connectivity index (χ4n) is 1.44. The van der Waals surface area contributed by atoms with Crippen LogP contribution in [0, 0.1) is 5.41 Å². The number of aromatic nitrogens is 2. The summed E-state index contributed by atoms with van der Waals surface area (Å²) in [6.45, 7) is 7.15. The second-order valence-electron chi connectivity index (χ2n) is 4.89. The monoisotopic (exact) mass is 253 g/mol. The molecule has 0 fully saturated rings. The molecule has 0 aromatic carbocycles. The van der Waals surface area contributed by atoms with Gasteiger partial charge in [-0.15, -0.1) is 0 Å². The number of amides is 1. The lowest BCUT2D eigenvalue weighted by molar-refractivity contribution is 0.0945. The van der Waals surface area contributed by atoms with E-state index >= 15 is 0 Å². The van der Waals surface area contributed by atoms with Crippen molar-refractivity contribution < 1.29 is 4.79 Å². The SMILES string of the molecule is CS[C@H](CNC(=O)c1cnccn1)C(C)(C)C. The number of nitrogens with zero attached hydrogens (tertiary/aromatic N) is 2. The molecule has 1 N–H and O–H groups in total. The van der Waals surface area contributed by atoms with E-state index < -0.39 is 0 Å². The van der Waals surface area contributed by atoms with Gasteiger partial charge in [-0.3, -0.25) is 9.78 Å². The molecule has 0 saturated heterocycles. The number of hydrogen-bond donors (Lipinski definition) is 1. The largest absolute Gasteiger partial charge is 0.350 e. The van der Waals surface area contributed by atoms with Crippen molar-refractivity contribution in [3.05, 3.63) is 24.3 Å². The van der Waals surface area contributed by atoms with Crippen molar-refractivity contribution in [2.45, 2.75) is 26.0 Å². The zero-order valence-electron chi connectivity index (χ0n) is 10.7. The van der Waals surface area contributed by atoms with Gasteiger partial charge in [0.1, 0.15) is 5.69 Å². The van der Waals surface area contributed by atoms with Crippen LogP contribution in [-0.2, 0) is 0 Å². The number of thioether (sulfide) groups is 1. The highest BCUT2D eigenvalue weighted by Crippen LogP contribution is 2.27. The van der Waals surface area contributed by atoms with Gasteiger partial charge < -0.3 is 5.32 Å². The average Bonchev–Trinajstić information content (AvgIpc) is 2.29. The number of carbonyl (C=O) groups excluding carboxylic acids is 1. The van der Waals surface area contributed by atoms with Crippen LogP contribution in [0.2, 0.25) is 0 Å². The molecule has 0 aliphatic heterocycles. The molecule has 1 atom stereocenters. The summed E-state index contributed by atoms with van der Waals surface area (Å²) in [7, 11) is 0. The zero-order valence-corrected chi connectivity index (χ0v) is 11.5. The summed E-state index contributed by atoms with van der Waals surface area (Å²) in [5, 5.41) is 3.27. The molecular formula is C12H19N3OS. The predicted molar refractivity (Wildman–Crippen MR) is 71.1 cm³/mol. The van der Waals surface area contributed by atoms with Crippen molar-refractivity contribution in [1.29, 1.82) is 0 Å². The van der Waals surface area contributed by atoms with Gasteiger partial charge >= 0.3 is 0 Å². The lowest BCUT2D eigenvalue weighted by Crippen LogP contribution is -2.37. The van der Waals surface area contributed by atoms with Gasteiger partial charge in [0.05, 0.1) is 6.20 Å². The highest BCUT2D eigenvalue weighted by atomic mass is 32.2. The van der Waals surface area contributed by atoms with Crippen LogP contribution >= 0.6 is 11.8 Å². The number of rotatable bonds is 4. The van der Waals surface area contributed by atoms with Crippen molar-refractivity contribution >= 4 is 17.7 Å². The minimum absolute atomic E-state index is 0.162. The van der Waals surface area contributed by atoms with Gasteiger partial charge in [-0.2, -0.15) is 11.8 Å². The van der Waals surface area contributed by atoms with Gasteiger partial charge in [-0.05, 0) is 11.7 Å². The van der Waals surface area contributed by atoms with Crippen molar-refractivity contribution in [1.82, 2.24) is 15.3 Å². The van der Waals surface area contributed by atoms with Crippen LogP contribution in [0.3, 0.4) is 0 Å². The minimum Gasteiger partial charge on any atom is -0.350 e. The Balaban J connectivity index is 2.54. The van der Waals surface area contributed by atoms with E-state index in [0.29, 0.717) is 17.5 Å². The Morgan fingerprint density at radius 2 is 2.18 bits per heavy atom. The topological polar surface area (TPSA) is 54.9 Å². The summed E-state index contributed by atoms with van der Waals surface area (Å²) < 4.78 is 0. The van der Waals surface area contributed by atoms with Crippen molar-refractivity contribution in [2.24, 2.45) is 5.41 Å². The molecule has 0 saturated carbocycles. The molecule has 0 unspecified atom stereocenters. The normalized spacial score (nSPS) is 13.2. The van der Waals surface area contributed by atoms with Crippen LogP contribution in [0.1, 0.15) is 31.3 Å². The Hall–Kier alpha value is -1.10. The van der Waals surface area contributed by atoms with E-state index in [1.165, 1.54) is 12.4 Å². The maximum absolute atomic E-state index is 11.8. The molecule has 0 bridgehead atoms. The average molecular weight is 253 g/mol. The fraction of sp³-hybridized carbons (Fsp3) is 0.583. The summed E-state index contributed by atoms with van der Waals surface area (Å²) in [5.74, 6) is -0.165. The standard InChI is InChI=1S/C12H19N3OS/c1-12(2,3)10(17-4)8-15-11(16)9-7-13-5-6-14-9/h5-7,10H,8H2,1-4H3,(H,15,16)/t10-/m1/s1. The van der Waals surface area contributed by atoms with Gasteiger partial charge in [0.15, 0.2) is 0 Å². The van der Waals surface area contributed by atoms with E-state index in [0.717, 1.165) is 0 Å². The first-order valence-electron chi connectivity index (χ1n) is 5.52. The highest BCUT2D eigenvalue weighted by Gasteiger charge is 2.24. The first-order chi connectivity index (χ1) is 7.95. The first kappa shape index (κ1) is 14.0. The molecule has 1 aromatic heterocycles. The molecule has 0 spiro atoms. The van der Waals surface area contributed by atoms with Gasteiger partial charge in [0, 0.05) is 24.2 Å². The molecule has 17 heavy (non-hydrogen) atoms. The second kappa shape index (κ2) is 6.00. The van der Waals surface area contributed by atoms with Crippen LogP contribution in [0.4, 0.5) is 0 Å². The molecule has 4 nitrogen and oxygen atoms in total. The third kappa shape index (κ3) is 4.34. The lowest BCUT2D eigenvalue weighted by Gasteiger charge is -2.29. The Bertz CT molecular complexity index is 362. The Morgan fingerprint density at radius 3 is 2.65 bits per heavy atom. The Morgan fingerprint density at radius 1 is 1.47 bits per heavy atom. The maximum Gasteiger partial charge on any atom is 0.271 e. The molecule has 5 heteroatoms. The van der Waals surface area contributed by atoms with E-state index in [9.17, 15) is 4.79 Å². The summed E-state index contributed by atoms with van der Waals surface area (Å²) >= 11 is 1.76. The van der Waals surface area contributed by atoms with Crippen molar-refractivity contribution in [3.8, 4) is 0 Å². The molecule has 1 heterocycles. The van der Waals surface area contributed by atoms with Crippen LogP contribution < -0.4 is 5.32 Å². The third-order valence-electron chi connectivity index (χ3n) is 2.49. The van der Waals surface area contributed by atoms with Gasteiger partial charge in [-0.25, -0.2) is 4.98 Å². The van der Waals surface area contributed by atoms with E-state index in [2.05, 4.69) is 42.3 Å². The van der Waals surface area contributed by atoms with E-state index in [-0.39, 0.29) is 11.3 Å². The minimum atomic E-state index is -0.165. The smallest absolute Gasteiger partial charge is 0.271 e. The number of hydrogen-bond acceptors (Lipinski definition) is 4. The van der Waals surface area contributed by atoms with Crippen LogP contribution in [0.25, 0.3) is 0 Å². The van der Waals surface area contributed by atoms with Gasteiger partial charge in [0.25, 0.3) is 5.91 Å². The highest BCUT2D eigenvalue weighted by molar-refractivity contribution is 7.99. The summed E-state index contributed by atoms with van der Waals surface area (Å²) in [6, 6.07) is 0. The van der Waals surface area contributed by atoms with Crippen LogP contribution in [0.5, 0.6) is 0 Å². The summed E-state index contributed by atoms with van der Waals surface area (Å²) in [4.78, 5) is 19.6. The Labute approximate surface area is 107 Å². The van der Waals surface area contributed by atoms with Crippen LogP contribution in [-0.4, -0.2) is 33.9 Å². The number of nitrogens with one attached hydrogen (secondary N) is 1. The molecule has 94 valence electrons. The molecule has 0 radical (unpaired) electrons. The fourth-order valence-corrected chi connectivity index (χ4v) is 2.39. The maximum atomic E-state index is 11.8. The zero-order chi connectivity index (χ0) is 12.9. The van der Waals surface area contributed by atoms with Gasteiger partial charge in [-0.1, -0.05) is 20.8 Å². The van der Waals surface area contributed by atoms with Crippen LogP contribution in [0.15, 0.2) is 18.6 Å². The second-order valence-corrected chi connectivity index (χ2v) is 5.93. The molecule has 1 aromatic rings. The molecule has 0 aliphatic carbocycles.